The van der Waals surface area contributed by atoms with Crippen molar-refractivity contribution in [3.63, 3.8) is 0 Å². The number of esters is 3. The van der Waals surface area contributed by atoms with Crippen LogP contribution in [0, 0.1) is 0 Å². The molecule has 0 aromatic carbocycles. The number of hydrogen-bond acceptors (Lipinski definition) is 6. The maximum atomic E-state index is 12.9. The van der Waals surface area contributed by atoms with E-state index in [1.165, 1.54) is 128 Å². The van der Waals surface area contributed by atoms with Gasteiger partial charge < -0.3 is 14.2 Å². The van der Waals surface area contributed by atoms with Gasteiger partial charge in [0, 0.05) is 19.3 Å². The Balaban J connectivity index is 4.36. The molecule has 0 heterocycles. The normalized spacial score (nSPS) is 12.9. The molecule has 0 saturated carbocycles. The van der Waals surface area contributed by atoms with Crippen molar-refractivity contribution in [2.24, 2.45) is 0 Å². The first-order valence-electron chi connectivity index (χ1n) is 32.5. The van der Waals surface area contributed by atoms with Gasteiger partial charge in [-0.25, -0.2) is 0 Å². The number of allylic oxidation sites excluding steroid dienone is 20. The molecule has 0 aromatic heterocycles. The molecule has 0 spiro atoms. The lowest BCUT2D eigenvalue weighted by Gasteiger charge is -2.18. The zero-order valence-electron chi connectivity index (χ0n) is 50.9. The van der Waals surface area contributed by atoms with Crippen LogP contribution in [0.1, 0.15) is 297 Å². The number of carbonyl (C=O) groups excluding carboxylic acids is 3. The van der Waals surface area contributed by atoms with Crippen LogP contribution in [0.15, 0.2) is 122 Å². The second kappa shape index (κ2) is 65.3. The maximum Gasteiger partial charge on any atom is 0.306 e. The fourth-order valence-corrected chi connectivity index (χ4v) is 8.84. The molecule has 0 rings (SSSR count). The van der Waals surface area contributed by atoms with Crippen molar-refractivity contribution in [2.45, 2.75) is 303 Å². The highest BCUT2D eigenvalue weighted by atomic mass is 16.6. The highest BCUT2D eigenvalue weighted by Gasteiger charge is 2.19. The predicted octanol–water partition coefficient (Wildman–Crippen LogP) is 22.4. The molecule has 0 amide bonds. The van der Waals surface area contributed by atoms with Crippen LogP contribution in [0.4, 0.5) is 0 Å². The van der Waals surface area contributed by atoms with Gasteiger partial charge in [0.05, 0.1) is 0 Å². The third-order valence-electron chi connectivity index (χ3n) is 13.7. The molecular formula is C72H120O6. The number of ether oxygens (including phenoxy) is 3. The van der Waals surface area contributed by atoms with E-state index in [4.69, 9.17) is 14.2 Å². The molecule has 6 nitrogen and oxygen atoms in total. The second-order valence-electron chi connectivity index (χ2n) is 21.3. The molecule has 444 valence electrons. The molecule has 1 unspecified atom stereocenters. The van der Waals surface area contributed by atoms with E-state index in [1.54, 1.807) is 0 Å². The Morgan fingerprint density at radius 2 is 0.500 bits per heavy atom. The second-order valence-corrected chi connectivity index (χ2v) is 21.3. The quantitative estimate of drug-likeness (QED) is 0.0261. The first kappa shape index (κ1) is 73.8. The minimum absolute atomic E-state index is 0.0925. The first-order valence-corrected chi connectivity index (χ1v) is 32.5. The molecule has 0 aliphatic rings. The van der Waals surface area contributed by atoms with Crippen molar-refractivity contribution in [2.75, 3.05) is 13.2 Å². The average molecular weight is 1080 g/mol. The SMILES string of the molecule is CC/C=C\C/C=C\C/C=C\C/C=C\C/C=C\C/C=C\C/C=C\C/C=C\C/C=C\CCCCCC(=O)OCC(COC(=O)CCCCCCC/C=C\CCCCC)OC(=O)CCCCCCCCCCCCCCCCCCC. The highest BCUT2D eigenvalue weighted by Crippen LogP contribution is 2.16. The molecule has 0 N–H and O–H groups in total. The average Bonchev–Trinajstić information content (AvgIpc) is 3.44. The molecule has 0 radical (unpaired) electrons. The number of rotatable bonds is 58. The van der Waals surface area contributed by atoms with Gasteiger partial charge in [-0.05, 0) is 116 Å². The summed E-state index contributed by atoms with van der Waals surface area (Å²) in [5, 5.41) is 0. The molecule has 0 aliphatic carbocycles. The summed E-state index contributed by atoms with van der Waals surface area (Å²) in [5.41, 5.74) is 0. The van der Waals surface area contributed by atoms with Crippen molar-refractivity contribution in [3.8, 4) is 0 Å². The van der Waals surface area contributed by atoms with Crippen molar-refractivity contribution in [3.05, 3.63) is 122 Å². The molecule has 1 atom stereocenters. The van der Waals surface area contributed by atoms with Crippen molar-refractivity contribution in [1.29, 1.82) is 0 Å². The van der Waals surface area contributed by atoms with Gasteiger partial charge in [0.2, 0.25) is 0 Å². The molecule has 0 bridgehead atoms. The number of carbonyl (C=O) groups is 3. The highest BCUT2D eigenvalue weighted by molar-refractivity contribution is 5.71. The van der Waals surface area contributed by atoms with Gasteiger partial charge in [-0.15, -0.1) is 0 Å². The zero-order valence-corrected chi connectivity index (χ0v) is 50.9. The Morgan fingerprint density at radius 3 is 0.833 bits per heavy atom. The minimum atomic E-state index is -0.797. The zero-order chi connectivity index (χ0) is 56.4. The topological polar surface area (TPSA) is 78.9 Å². The minimum Gasteiger partial charge on any atom is -0.462 e. The van der Waals surface area contributed by atoms with Crippen molar-refractivity contribution >= 4 is 17.9 Å². The van der Waals surface area contributed by atoms with E-state index in [0.29, 0.717) is 19.3 Å². The van der Waals surface area contributed by atoms with E-state index in [-0.39, 0.29) is 31.1 Å². The Morgan fingerprint density at radius 1 is 0.269 bits per heavy atom. The molecule has 0 fully saturated rings. The fourth-order valence-electron chi connectivity index (χ4n) is 8.84. The van der Waals surface area contributed by atoms with E-state index in [9.17, 15) is 14.4 Å². The summed E-state index contributed by atoms with van der Waals surface area (Å²) in [6, 6.07) is 0. The Hall–Kier alpha value is -4.19. The van der Waals surface area contributed by atoms with E-state index < -0.39 is 6.10 Å². The Bertz CT molecular complexity index is 1620. The molecule has 0 aliphatic heterocycles. The standard InChI is InChI=1S/C72H120O6/c1-4-7-10-13-16-19-22-25-27-29-30-31-32-33-34-35-36-37-38-39-40-41-42-44-45-47-50-53-56-59-62-65-71(74)77-68-69(67-76-70(73)64-61-58-55-52-49-24-21-18-15-12-9-6-3)78-72(75)66-63-60-57-54-51-48-46-43-28-26-23-20-17-14-11-8-5-2/h7,10,16,18-19,21,25,27,30-31,33-34,36-37,39-40,42,44,47,50,69H,4-6,8-9,11-15,17,20,22-24,26,28-29,32,35,38,41,43,45-46,48-49,51-68H2,1-3H3/b10-7-,19-16-,21-18-,27-25-,31-30-,34-33-,37-36-,40-39-,44-42-,50-47-. The van der Waals surface area contributed by atoms with Crippen LogP contribution in [0.5, 0.6) is 0 Å². The molecular weight excluding hydrogens is 961 g/mol. The van der Waals surface area contributed by atoms with Crippen LogP contribution in [-0.2, 0) is 28.6 Å². The van der Waals surface area contributed by atoms with Crippen LogP contribution in [0.25, 0.3) is 0 Å². The summed E-state index contributed by atoms with van der Waals surface area (Å²) in [6.45, 7) is 6.49. The lowest BCUT2D eigenvalue weighted by Crippen LogP contribution is -2.30. The van der Waals surface area contributed by atoms with Crippen LogP contribution in [0.3, 0.4) is 0 Å². The summed E-state index contributed by atoms with van der Waals surface area (Å²) in [5.74, 6) is -0.928. The summed E-state index contributed by atoms with van der Waals surface area (Å²) < 4.78 is 16.9. The van der Waals surface area contributed by atoms with Crippen LogP contribution in [0.2, 0.25) is 0 Å². The molecule has 78 heavy (non-hydrogen) atoms. The van der Waals surface area contributed by atoms with Crippen LogP contribution >= 0.6 is 0 Å². The lowest BCUT2D eigenvalue weighted by atomic mass is 10.0. The monoisotopic (exact) mass is 1080 g/mol. The van der Waals surface area contributed by atoms with Gasteiger partial charge in [-0.2, -0.15) is 0 Å². The van der Waals surface area contributed by atoms with Gasteiger partial charge in [-0.1, -0.05) is 284 Å². The number of unbranched alkanes of at least 4 members (excludes halogenated alkanes) is 27. The van der Waals surface area contributed by atoms with E-state index in [0.717, 1.165) is 128 Å². The van der Waals surface area contributed by atoms with E-state index in [2.05, 4.69) is 142 Å². The third-order valence-corrected chi connectivity index (χ3v) is 13.7. The van der Waals surface area contributed by atoms with Gasteiger partial charge >= 0.3 is 17.9 Å². The molecule has 0 saturated heterocycles. The van der Waals surface area contributed by atoms with E-state index in [1.807, 2.05) is 0 Å². The summed E-state index contributed by atoms with van der Waals surface area (Å²) in [6.07, 6.45) is 90.6. The maximum absolute atomic E-state index is 12.9. The number of hydrogen-bond donors (Lipinski definition) is 0. The van der Waals surface area contributed by atoms with Crippen LogP contribution in [-0.4, -0.2) is 37.2 Å². The van der Waals surface area contributed by atoms with Gasteiger partial charge in [-0.3, -0.25) is 14.4 Å². The van der Waals surface area contributed by atoms with Gasteiger partial charge in [0.25, 0.3) is 0 Å². The van der Waals surface area contributed by atoms with E-state index >= 15 is 0 Å². The Labute approximate surface area is 482 Å². The largest absolute Gasteiger partial charge is 0.462 e. The van der Waals surface area contributed by atoms with Crippen molar-refractivity contribution < 1.29 is 28.6 Å². The van der Waals surface area contributed by atoms with Gasteiger partial charge in [0.1, 0.15) is 13.2 Å². The lowest BCUT2D eigenvalue weighted by molar-refractivity contribution is -0.167. The van der Waals surface area contributed by atoms with Crippen molar-refractivity contribution in [1.82, 2.24) is 0 Å². The van der Waals surface area contributed by atoms with Crippen LogP contribution < -0.4 is 0 Å². The third kappa shape index (κ3) is 62.7. The fraction of sp³-hybridized carbons (Fsp3) is 0.681. The molecule has 0 aromatic rings. The summed E-state index contributed by atoms with van der Waals surface area (Å²) >= 11 is 0. The summed E-state index contributed by atoms with van der Waals surface area (Å²) in [4.78, 5) is 38.3. The summed E-state index contributed by atoms with van der Waals surface area (Å²) in [7, 11) is 0. The Kier molecular flexibility index (Phi) is 61.8. The molecule has 6 heteroatoms. The predicted molar refractivity (Wildman–Crippen MR) is 339 cm³/mol. The smallest absolute Gasteiger partial charge is 0.306 e. The van der Waals surface area contributed by atoms with Gasteiger partial charge in [0.15, 0.2) is 6.10 Å². The first-order chi connectivity index (χ1) is 38.5.